The van der Waals surface area contributed by atoms with Gasteiger partial charge in [0.05, 0.1) is 11.4 Å². The number of hydrogen-bond acceptors (Lipinski definition) is 2. The molecule has 2 heteroatoms. The second kappa shape index (κ2) is 11.1. The van der Waals surface area contributed by atoms with E-state index in [-0.39, 0.29) is 6.17 Å². The summed E-state index contributed by atoms with van der Waals surface area (Å²) in [7, 11) is 0. The smallest absolute Gasteiger partial charge is 0.130 e. The Morgan fingerprint density at radius 1 is 0.408 bits per heavy atom. The second-order valence-corrected chi connectivity index (χ2v) is 12.9. The van der Waals surface area contributed by atoms with E-state index in [0.717, 1.165) is 11.4 Å². The highest BCUT2D eigenvalue weighted by Gasteiger charge is 2.34. The first-order valence-corrected chi connectivity index (χ1v) is 17.0. The molecule has 9 aromatic rings. The lowest BCUT2D eigenvalue weighted by Crippen LogP contribution is -2.23. The van der Waals surface area contributed by atoms with Crippen molar-refractivity contribution in [1.82, 2.24) is 0 Å². The zero-order chi connectivity index (χ0) is 32.3. The normalized spacial score (nSPS) is 14.0. The molecule has 49 heavy (non-hydrogen) atoms. The number of fused-ring (bicyclic) bond motifs is 6. The molecule has 10 rings (SSSR count). The van der Waals surface area contributed by atoms with Crippen LogP contribution in [0, 0.1) is 0 Å². The van der Waals surface area contributed by atoms with Crippen molar-refractivity contribution in [2.24, 2.45) is 0 Å². The fourth-order valence-corrected chi connectivity index (χ4v) is 8.09. The van der Waals surface area contributed by atoms with Crippen LogP contribution in [-0.4, -0.2) is 0 Å². The summed E-state index contributed by atoms with van der Waals surface area (Å²) in [4.78, 5) is 2.47. The minimum atomic E-state index is -0.0407. The van der Waals surface area contributed by atoms with Crippen molar-refractivity contribution in [1.29, 1.82) is 0 Å². The molecule has 0 aromatic heterocycles. The number of nitrogens with zero attached hydrogens (tertiary/aromatic N) is 1. The topological polar surface area (TPSA) is 15.3 Å². The van der Waals surface area contributed by atoms with Gasteiger partial charge in [0.25, 0.3) is 0 Å². The third kappa shape index (κ3) is 4.35. The van der Waals surface area contributed by atoms with Crippen LogP contribution in [0.5, 0.6) is 0 Å². The van der Waals surface area contributed by atoms with E-state index >= 15 is 0 Å². The molecule has 0 saturated heterocycles. The van der Waals surface area contributed by atoms with E-state index in [1.807, 2.05) is 0 Å². The largest absolute Gasteiger partial charge is 0.359 e. The predicted octanol–water partition coefficient (Wildman–Crippen LogP) is 12.9. The maximum Gasteiger partial charge on any atom is 0.130 e. The fourth-order valence-electron chi connectivity index (χ4n) is 8.09. The van der Waals surface area contributed by atoms with E-state index in [4.69, 9.17) is 0 Å². The van der Waals surface area contributed by atoms with Gasteiger partial charge in [-0.05, 0) is 89.8 Å². The third-order valence-electron chi connectivity index (χ3n) is 10.2. The summed E-state index contributed by atoms with van der Waals surface area (Å²) >= 11 is 0. The van der Waals surface area contributed by atoms with E-state index in [2.05, 4.69) is 192 Å². The molecule has 9 aromatic carbocycles. The van der Waals surface area contributed by atoms with Crippen molar-refractivity contribution < 1.29 is 0 Å². The molecule has 0 saturated carbocycles. The van der Waals surface area contributed by atoms with E-state index in [0.29, 0.717) is 0 Å². The van der Waals surface area contributed by atoms with Crippen LogP contribution in [0.25, 0.3) is 65.3 Å². The highest BCUT2D eigenvalue weighted by molar-refractivity contribution is 6.25. The van der Waals surface area contributed by atoms with Crippen LogP contribution >= 0.6 is 0 Å². The average Bonchev–Trinajstić information content (AvgIpc) is 3.57. The first kappa shape index (κ1) is 27.7. The van der Waals surface area contributed by atoms with Crippen LogP contribution in [0.15, 0.2) is 182 Å². The molecular formula is C47H32N2. The molecule has 0 radical (unpaired) electrons. The lowest BCUT2D eigenvalue weighted by molar-refractivity contribution is 0.830. The first-order valence-electron chi connectivity index (χ1n) is 17.0. The van der Waals surface area contributed by atoms with Gasteiger partial charge >= 0.3 is 0 Å². The maximum atomic E-state index is 3.98. The second-order valence-electron chi connectivity index (χ2n) is 12.9. The molecule has 0 aliphatic carbocycles. The highest BCUT2D eigenvalue weighted by Crippen LogP contribution is 2.54. The first-order chi connectivity index (χ1) is 24.3. The van der Waals surface area contributed by atoms with Gasteiger partial charge in [0.15, 0.2) is 0 Å². The lowest BCUT2D eigenvalue weighted by atomic mass is 9.84. The Bertz CT molecular complexity index is 2640. The Labute approximate surface area is 285 Å². The van der Waals surface area contributed by atoms with Crippen LogP contribution in [-0.2, 0) is 0 Å². The molecule has 1 heterocycles. The lowest BCUT2D eigenvalue weighted by Gasteiger charge is -2.28. The van der Waals surface area contributed by atoms with Gasteiger partial charge in [-0.1, -0.05) is 158 Å². The summed E-state index contributed by atoms with van der Waals surface area (Å²) in [5, 5.41) is 14.0. The molecule has 0 spiro atoms. The molecule has 0 fully saturated rings. The SMILES string of the molecule is c1ccc(C2Nc3cc(-c4c5ccccc5c(-c5ccc6ccccc6c5)c5ccccc45)c4ccccc4c3N2c2ccccc2)cc1. The van der Waals surface area contributed by atoms with Crippen molar-refractivity contribution in [2.75, 3.05) is 10.2 Å². The Hall–Kier alpha value is -6.38. The molecule has 0 bridgehead atoms. The van der Waals surface area contributed by atoms with Gasteiger partial charge in [-0.25, -0.2) is 0 Å². The molecule has 1 unspecified atom stereocenters. The van der Waals surface area contributed by atoms with Crippen LogP contribution in [0.3, 0.4) is 0 Å². The molecule has 1 aliphatic heterocycles. The van der Waals surface area contributed by atoms with Gasteiger partial charge < -0.3 is 10.2 Å². The zero-order valence-electron chi connectivity index (χ0n) is 26.8. The molecule has 0 amide bonds. The number of hydrogen-bond donors (Lipinski definition) is 1. The van der Waals surface area contributed by atoms with Crippen molar-refractivity contribution in [3.8, 4) is 22.3 Å². The van der Waals surface area contributed by atoms with Crippen molar-refractivity contribution in [3.63, 3.8) is 0 Å². The van der Waals surface area contributed by atoms with Crippen molar-refractivity contribution in [2.45, 2.75) is 6.17 Å². The van der Waals surface area contributed by atoms with Crippen LogP contribution in [0.2, 0.25) is 0 Å². The Balaban J connectivity index is 1.28. The minimum Gasteiger partial charge on any atom is -0.359 e. The molecule has 1 atom stereocenters. The maximum absolute atomic E-state index is 3.98. The van der Waals surface area contributed by atoms with Gasteiger partial charge in [-0.15, -0.1) is 0 Å². The molecule has 2 nitrogen and oxygen atoms in total. The van der Waals surface area contributed by atoms with Gasteiger partial charge in [-0.3, -0.25) is 0 Å². The summed E-state index contributed by atoms with van der Waals surface area (Å²) in [6.07, 6.45) is -0.0407. The van der Waals surface area contributed by atoms with E-state index in [9.17, 15) is 0 Å². The summed E-state index contributed by atoms with van der Waals surface area (Å²) in [6, 6.07) is 66.3. The van der Waals surface area contributed by atoms with Crippen LogP contribution in [0.4, 0.5) is 17.1 Å². The van der Waals surface area contributed by atoms with Crippen LogP contribution < -0.4 is 10.2 Å². The number of rotatable bonds is 4. The number of anilines is 3. The van der Waals surface area contributed by atoms with Crippen molar-refractivity contribution >= 4 is 60.2 Å². The molecule has 230 valence electrons. The number of nitrogens with one attached hydrogen (secondary N) is 1. The predicted molar refractivity (Wildman–Crippen MR) is 209 cm³/mol. The monoisotopic (exact) mass is 624 g/mol. The molecular weight excluding hydrogens is 593 g/mol. The summed E-state index contributed by atoms with van der Waals surface area (Å²) in [5.41, 5.74) is 9.76. The Morgan fingerprint density at radius 2 is 0.939 bits per heavy atom. The minimum absolute atomic E-state index is 0.0407. The summed E-state index contributed by atoms with van der Waals surface area (Å²) in [5.74, 6) is 0. The van der Waals surface area contributed by atoms with Gasteiger partial charge in [0, 0.05) is 11.1 Å². The molecule has 1 N–H and O–H groups in total. The standard InChI is InChI=1S/C47H32N2/c1-3-16-32(17-4-1)47-48-43-30-42(36-21-9-14-26-41(36)46(43)49(47)35-19-5-2-6-20-35)45-39-24-12-10-22-37(39)44(38-23-11-13-25-40(38)45)34-28-27-31-15-7-8-18-33(31)29-34/h1-30,47-48H. The highest BCUT2D eigenvalue weighted by atomic mass is 15.3. The third-order valence-corrected chi connectivity index (χ3v) is 10.2. The van der Waals surface area contributed by atoms with E-state index in [1.165, 1.54) is 76.6 Å². The van der Waals surface area contributed by atoms with Gasteiger partial charge in [0.2, 0.25) is 0 Å². The quantitative estimate of drug-likeness (QED) is 0.196. The number of para-hydroxylation sites is 1. The summed E-state index contributed by atoms with van der Waals surface area (Å²) < 4.78 is 0. The molecule has 1 aliphatic rings. The Morgan fingerprint density at radius 3 is 1.61 bits per heavy atom. The van der Waals surface area contributed by atoms with Gasteiger partial charge in [0.1, 0.15) is 6.17 Å². The van der Waals surface area contributed by atoms with E-state index in [1.54, 1.807) is 0 Å². The average molecular weight is 625 g/mol. The Kier molecular flexibility index (Phi) is 6.28. The van der Waals surface area contributed by atoms with Crippen molar-refractivity contribution in [3.05, 3.63) is 188 Å². The van der Waals surface area contributed by atoms with Crippen LogP contribution in [0.1, 0.15) is 11.7 Å². The number of benzene rings is 9. The zero-order valence-corrected chi connectivity index (χ0v) is 26.8. The van der Waals surface area contributed by atoms with Gasteiger partial charge in [-0.2, -0.15) is 0 Å². The fraction of sp³-hybridized carbons (Fsp3) is 0.0213. The summed E-state index contributed by atoms with van der Waals surface area (Å²) in [6.45, 7) is 0. The van der Waals surface area contributed by atoms with E-state index < -0.39 is 0 Å².